The highest BCUT2D eigenvalue weighted by molar-refractivity contribution is 7.17. The molecule has 0 radical (unpaired) electrons. The van der Waals surface area contributed by atoms with Gasteiger partial charge in [0.05, 0.1) is 4.88 Å². The van der Waals surface area contributed by atoms with E-state index in [1.165, 1.54) is 51.4 Å². The summed E-state index contributed by atoms with van der Waals surface area (Å²) < 4.78 is 20.2. The molecule has 2 spiro atoms. The largest absolute Gasteiger partial charge is 0.481 e. The molecule has 2 saturated carbocycles. The van der Waals surface area contributed by atoms with Crippen LogP contribution < -0.4 is 15.4 Å². The molecule has 5 nitrogen and oxygen atoms in total. The number of benzene rings is 1. The van der Waals surface area contributed by atoms with Crippen molar-refractivity contribution in [3.63, 3.8) is 0 Å². The molecule has 0 unspecified atom stereocenters. The fraction of sp³-hybridized carbons (Fsp3) is 0.538. The topological polar surface area (TPSA) is 67.4 Å². The third kappa shape index (κ3) is 4.45. The number of halogens is 1. The Morgan fingerprint density at radius 3 is 2.36 bits per heavy atom. The molecular formula is C26H31FN2O3S. The van der Waals surface area contributed by atoms with Crippen molar-refractivity contribution in [1.82, 2.24) is 5.32 Å². The van der Waals surface area contributed by atoms with E-state index in [-0.39, 0.29) is 28.3 Å². The van der Waals surface area contributed by atoms with Crippen LogP contribution >= 0.6 is 11.3 Å². The Hall–Kier alpha value is -2.25. The third-order valence-corrected chi connectivity index (χ3v) is 8.78. The number of carbonyl (C=O) groups excluding carboxylic acids is 2. The van der Waals surface area contributed by atoms with Crippen molar-refractivity contribution in [2.24, 2.45) is 0 Å². The van der Waals surface area contributed by atoms with Gasteiger partial charge in [0.25, 0.3) is 0 Å². The van der Waals surface area contributed by atoms with Crippen molar-refractivity contribution < 1.29 is 18.7 Å². The number of piperidine rings is 1. The first-order valence-electron chi connectivity index (χ1n) is 12.1. The number of hydrogen-bond donors (Lipinski definition) is 2. The highest BCUT2D eigenvalue weighted by Crippen LogP contribution is 2.47. The zero-order valence-electron chi connectivity index (χ0n) is 18.8. The van der Waals surface area contributed by atoms with Crippen LogP contribution in [0.5, 0.6) is 5.75 Å². The molecule has 0 bridgehead atoms. The van der Waals surface area contributed by atoms with Crippen LogP contribution in [0.2, 0.25) is 0 Å². The van der Waals surface area contributed by atoms with Gasteiger partial charge in [-0.1, -0.05) is 37.8 Å². The second kappa shape index (κ2) is 9.18. The first-order chi connectivity index (χ1) is 16.1. The minimum absolute atomic E-state index is 0.139. The fourth-order valence-corrected chi connectivity index (χ4v) is 7.39. The average molecular weight is 471 g/mol. The van der Waals surface area contributed by atoms with Crippen molar-refractivity contribution in [2.45, 2.75) is 81.3 Å². The van der Waals surface area contributed by atoms with E-state index < -0.39 is 5.82 Å². The van der Waals surface area contributed by atoms with Gasteiger partial charge >= 0.3 is 0 Å². The van der Waals surface area contributed by atoms with Gasteiger partial charge < -0.3 is 15.4 Å². The second-order valence-corrected chi connectivity index (χ2v) is 11.0. The van der Waals surface area contributed by atoms with Crippen LogP contribution in [0.15, 0.2) is 24.3 Å². The van der Waals surface area contributed by atoms with Crippen molar-refractivity contribution >= 4 is 29.6 Å². The van der Waals surface area contributed by atoms with Gasteiger partial charge in [-0.3, -0.25) is 9.59 Å². The maximum atomic E-state index is 15.1. The van der Waals surface area contributed by atoms with Gasteiger partial charge in [-0.05, 0) is 56.2 Å². The van der Waals surface area contributed by atoms with E-state index in [1.807, 2.05) is 24.3 Å². The molecule has 2 aliphatic carbocycles. The standard InChI is InChI=1S/C26H31FN2O3S/c27-22-23(32-13-12-30)21(17-31)33-24(22)18-6-5-7-19(14-18)28-20-15-25(8-1-2-9-25)29-26(16-20)10-3-4-11-26/h5-7,12,14,17,20,28-29H,1-4,8-11,13,15-16H2. The van der Waals surface area contributed by atoms with Gasteiger partial charge in [0.1, 0.15) is 11.5 Å². The molecule has 176 valence electrons. The fourth-order valence-electron chi connectivity index (χ4n) is 6.46. The highest BCUT2D eigenvalue weighted by Gasteiger charge is 2.49. The van der Waals surface area contributed by atoms with E-state index in [0.717, 1.165) is 29.9 Å². The van der Waals surface area contributed by atoms with Crippen molar-refractivity contribution in [2.75, 3.05) is 11.9 Å². The average Bonchev–Trinajstić information content (AvgIpc) is 3.52. The molecule has 3 aliphatic rings. The maximum absolute atomic E-state index is 15.1. The molecule has 1 aromatic heterocycles. The molecule has 2 aromatic rings. The number of hydrogen-bond acceptors (Lipinski definition) is 6. The minimum atomic E-state index is -0.585. The molecule has 7 heteroatoms. The van der Waals surface area contributed by atoms with Gasteiger partial charge in [-0.25, -0.2) is 4.39 Å². The molecule has 1 aromatic carbocycles. The van der Waals surface area contributed by atoms with Crippen LogP contribution in [-0.2, 0) is 4.79 Å². The minimum Gasteiger partial charge on any atom is -0.481 e. The molecule has 0 amide bonds. The van der Waals surface area contributed by atoms with Crippen LogP contribution in [-0.4, -0.2) is 36.3 Å². The van der Waals surface area contributed by atoms with E-state index in [1.54, 1.807) is 0 Å². The summed E-state index contributed by atoms with van der Waals surface area (Å²) in [4.78, 5) is 22.6. The van der Waals surface area contributed by atoms with E-state index >= 15 is 4.39 Å². The predicted molar refractivity (Wildman–Crippen MR) is 129 cm³/mol. The van der Waals surface area contributed by atoms with E-state index in [4.69, 9.17) is 4.74 Å². The van der Waals surface area contributed by atoms with Crippen molar-refractivity contribution in [1.29, 1.82) is 0 Å². The highest BCUT2D eigenvalue weighted by atomic mass is 32.1. The van der Waals surface area contributed by atoms with Gasteiger partial charge in [0.2, 0.25) is 0 Å². The first-order valence-corrected chi connectivity index (χ1v) is 12.9. The lowest BCUT2D eigenvalue weighted by Gasteiger charge is -2.50. The van der Waals surface area contributed by atoms with Crippen molar-refractivity contribution in [3.05, 3.63) is 35.0 Å². The van der Waals surface area contributed by atoms with Crippen LogP contribution in [0.3, 0.4) is 0 Å². The van der Waals surface area contributed by atoms with Gasteiger partial charge in [-0.15, -0.1) is 11.3 Å². The molecule has 2 N–H and O–H groups in total. The number of anilines is 1. The Bertz CT molecular complexity index is 1000. The quantitative estimate of drug-likeness (QED) is 0.506. The monoisotopic (exact) mass is 470 g/mol. The number of aldehydes is 2. The number of rotatable bonds is 7. The number of ether oxygens (including phenoxy) is 1. The second-order valence-electron chi connectivity index (χ2n) is 9.96. The molecule has 0 atom stereocenters. The lowest BCUT2D eigenvalue weighted by molar-refractivity contribution is -0.109. The Balaban J connectivity index is 1.39. The molecule has 5 rings (SSSR count). The first kappa shape index (κ1) is 22.5. The lowest BCUT2D eigenvalue weighted by Crippen LogP contribution is -2.63. The lowest BCUT2D eigenvalue weighted by atomic mass is 9.74. The molecular weight excluding hydrogens is 439 g/mol. The summed E-state index contributed by atoms with van der Waals surface area (Å²) in [5.41, 5.74) is 2.17. The Labute approximate surface area is 198 Å². The van der Waals surface area contributed by atoms with E-state index in [0.29, 0.717) is 29.1 Å². The summed E-state index contributed by atoms with van der Waals surface area (Å²) in [6, 6.07) is 8.13. The zero-order chi connectivity index (χ0) is 22.9. The Morgan fingerprint density at radius 2 is 1.76 bits per heavy atom. The van der Waals surface area contributed by atoms with Crippen LogP contribution in [0.1, 0.15) is 73.9 Å². The summed E-state index contributed by atoms with van der Waals surface area (Å²) in [6.45, 7) is -0.283. The summed E-state index contributed by atoms with van der Waals surface area (Å²) in [7, 11) is 0. The van der Waals surface area contributed by atoms with Crippen LogP contribution in [0.25, 0.3) is 10.4 Å². The Morgan fingerprint density at radius 1 is 1.09 bits per heavy atom. The summed E-state index contributed by atoms with van der Waals surface area (Å²) >= 11 is 1.05. The number of nitrogens with one attached hydrogen (secondary N) is 2. The van der Waals surface area contributed by atoms with Gasteiger partial charge in [0.15, 0.2) is 24.1 Å². The normalized spacial score (nSPS) is 23.1. The molecule has 3 fully saturated rings. The SMILES string of the molecule is O=CCOc1c(C=O)sc(-c2cccc(NC3CC4(CCCC4)NC4(CCCC4)C3)c2)c1F. The smallest absolute Gasteiger partial charge is 0.184 e. The maximum Gasteiger partial charge on any atom is 0.184 e. The predicted octanol–water partition coefficient (Wildman–Crippen LogP) is 5.73. The zero-order valence-corrected chi connectivity index (χ0v) is 19.6. The van der Waals surface area contributed by atoms with Gasteiger partial charge in [-0.2, -0.15) is 0 Å². The summed E-state index contributed by atoms with van der Waals surface area (Å²) in [6.07, 6.45) is 13.6. The molecule has 33 heavy (non-hydrogen) atoms. The number of thiophene rings is 1. The van der Waals surface area contributed by atoms with E-state index in [9.17, 15) is 9.59 Å². The van der Waals surface area contributed by atoms with Crippen LogP contribution in [0.4, 0.5) is 10.1 Å². The van der Waals surface area contributed by atoms with Gasteiger partial charge in [0, 0.05) is 22.8 Å². The van der Waals surface area contributed by atoms with E-state index in [2.05, 4.69) is 10.6 Å². The number of carbonyl (C=O) groups is 2. The summed E-state index contributed by atoms with van der Waals surface area (Å²) in [5.74, 6) is -0.724. The Kier molecular flexibility index (Phi) is 6.27. The molecule has 2 heterocycles. The van der Waals surface area contributed by atoms with Crippen LogP contribution in [0, 0.1) is 5.82 Å². The van der Waals surface area contributed by atoms with Crippen molar-refractivity contribution in [3.8, 4) is 16.2 Å². The third-order valence-electron chi connectivity index (χ3n) is 7.66. The molecule has 1 aliphatic heterocycles. The summed E-state index contributed by atoms with van der Waals surface area (Å²) in [5, 5.41) is 7.91. The molecule has 1 saturated heterocycles.